The number of ether oxygens (including phenoxy) is 1. The molecule has 25 heavy (non-hydrogen) atoms. The number of carbonyl (C=O) groups is 2. The Morgan fingerprint density at radius 2 is 1.96 bits per heavy atom. The molecule has 1 atom stereocenters. The van der Waals surface area contributed by atoms with Gasteiger partial charge in [0.05, 0.1) is 6.54 Å². The number of aliphatic carboxylic acids is 1. The number of carboxylic acid groups (broad SMARTS) is 1. The topological polar surface area (TPSA) is 93.5 Å². The Balaban J connectivity index is 2.08. The van der Waals surface area contributed by atoms with Crippen LogP contribution in [0.2, 0.25) is 0 Å². The number of carboxylic acids is 1. The van der Waals surface area contributed by atoms with Crippen LogP contribution in [0.15, 0.2) is 39.5 Å². The molecule has 0 aliphatic carbocycles. The number of imidazole rings is 1. The lowest BCUT2D eigenvalue weighted by molar-refractivity contribution is -0.144. The molecule has 7 nitrogen and oxygen atoms in total. The Labute approximate surface area is 161 Å². The predicted molar refractivity (Wildman–Crippen MR) is 98.2 cm³/mol. The van der Waals surface area contributed by atoms with E-state index in [0.717, 1.165) is 5.56 Å². The molecule has 0 aliphatic rings. The molecule has 9 heteroatoms. The van der Waals surface area contributed by atoms with Gasteiger partial charge in [-0.1, -0.05) is 30.3 Å². The molecular weight excluding hydrogens is 458 g/mol. The molecular formula is C16H17Br2N3O4. The van der Waals surface area contributed by atoms with E-state index in [9.17, 15) is 14.7 Å². The maximum absolute atomic E-state index is 12.1. The van der Waals surface area contributed by atoms with Crippen molar-refractivity contribution in [3.8, 4) is 0 Å². The van der Waals surface area contributed by atoms with Crippen molar-refractivity contribution in [2.75, 3.05) is 0 Å². The van der Waals surface area contributed by atoms with Gasteiger partial charge in [-0.25, -0.2) is 14.6 Å². The van der Waals surface area contributed by atoms with E-state index in [2.05, 4.69) is 42.2 Å². The number of aromatic nitrogens is 2. The average Bonchev–Trinajstić information content (AvgIpc) is 2.80. The minimum Gasteiger partial charge on any atom is -0.479 e. The van der Waals surface area contributed by atoms with Crippen LogP contribution in [-0.4, -0.2) is 32.3 Å². The summed E-state index contributed by atoms with van der Waals surface area (Å²) in [5.41, 5.74) is -0.756. The van der Waals surface area contributed by atoms with Gasteiger partial charge in [-0.3, -0.25) is 0 Å². The molecule has 0 saturated carbocycles. The van der Waals surface area contributed by atoms with Gasteiger partial charge in [-0.15, -0.1) is 0 Å². The van der Waals surface area contributed by atoms with E-state index in [4.69, 9.17) is 4.74 Å². The molecule has 2 N–H and O–H groups in total. The van der Waals surface area contributed by atoms with E-state index >= 15 is 0 Å². The number of nitrogens with one attached hydrogen (secondary N) is 1. The van der Waals surface area contributed by atoms with Crippen molar-refractivity contribution >= 4 is 43.9 Å². The number of carbonyl (C=O) groups excluding carboxylic acids is 1. The maximum Gasteiger partial charge on any atom is 0.408 e. The first-order chi connectivity index (χ1) is 11.7. The molecule has 1 aromatic heterocycles. The van der Waals surface area contributed by atoms with Crippen LogP contribution in [0.3, 0.4) is 0 Å². The van der Waals surface area contributed by atoms with Gasteiger partial charge in [0.1, 0.15) is 21.6 Å². The Hall–Kier alpha value is -1.87. The van der Waals surface area contributed by atoms with E-state index < -0.39 is 17.6 Å². The van der Waals surface area contributed by atoms with Gasteiger partial charge in [0, 0.05) is 0 Å². The summed E-state index contributed by atoms with van der Waals surface area (Å²) in [6.45, 7) is 3.19. The van der Waals surface area contributed by atoms with E-state index in [0.29, 0.717) is 15.0 Å². The van der Waals surface area contributed by atoms with Gasteiger partial charge in [0.2, 0.25) is 0 Å². The number of benzene rings is 1. The zero-order valence-corrected chi connectivity index (χ0v) is 16.8. The SMILES string of the molecule is Cc1nc(Br)c(Br)n1CC(C)(NC(=O)OCc1ccccc1)C(=O)O. The number of alkyl carbamates (subject to hydrolysis) is 1. The van der Waals surface area contributed by atoms with Crippen LogP contribution in [0, 0.1) is 6.92 Å². The van der Waals surface area contributed by atoms with Crippen LogP contribution in [0.1, 0.15) is 18.3 Å². The molecule has 0 aliphatic heterocycles. The second-order valence-electron chi connectivity index (χ2n) is 5.65. The summed E-state index contributed by atoms with van der Waals surface area (Å²) in [6, 6.07) is 9.14. The van der Waals surface area contributed by atoms with Crippen molar-refractivity contribution in [3.63, 3.8) is 0 Å². The average molecular weight is 475 g/mol. The summed E-state index contributed by atoms with van der Waals surface area (Å²) in [5.74, 6) is -0.578. The maximum atomic E-state index is 12.1. The molecule has 0 spiro atoms. The summed E-state index contributed by atoms with van der Waals surface area (Å²) in [4.78, 5) is 28.0. The van der Waals surface area contributed by atoms with Crippen LogP contribution in [0.5, 0.6) is 0 Å². The molecule has 1 aromatic carbocycles. The zero-order chi connectivity index (χ0) is 18.6. The Bertz CT molecular complexity index is 779. The molecule has 0 radical (unpaired) electrons. The molecule has 2 aromatic rings. The number of amides is 1. The van der Waals surface area contributed by atoms with Crippen LogP contribution < -0.4 is 5.32 Å². The lowest BCUT2D eigenvalue weighted by Crippen LogP contribution is -2.55. The standard InChI is InChI=1S/C16H17Br2N3O4/c1-10-19-12(17)13(18)21(10)9-16(2,14(22)23)20-15(24)25-8-11-6-4-3-5-7-11/h3-7H,8-9H2,1-2H3,(H,20,24)(H,22,23). The highest BCUT2D eigenvalue weighted by Crippen LogP contribution is 2.25. The number of nitrogens with zero attached hydrogens (tertiary/aromatic N) is 2. The van der Waals surface area contributed by atoms with Gasteiger partial charge < -0.3 is 19.7 Å². The smallest absolute Gasteiger partial charge is 0.408 e. The molecule has 0 saturated heterocycles. The Kier molecular flexibility index (Phi) is 6.23. The predicted octanol–water partition coefficient (Wildman–Crippen LogP) is 3.49. The highest BCUT2D eigenvalue weighted by molar-refractivity contribution is 9.13. The zero-order valence-electron chi connectivity index (χ0n) is 13.6. The Morgan fingerprint density at radius 1 is 1.32 bits per heavy atom. The fourth-order valence-electron chi connectivity index (χ4n) is 2.15. The lowest BCUT2D eigenvalue weighted by atomic mass is 10.0. The fraction of sp³-hybridized carbons (Fsp3) is 0.312. The number of hydrogen-bond acceptors (Lipinski definition) is 4. The minimum atomic E-state index is -1.57. The number of halogens is 2. The van der Waals surface area contributed by atoms with Gasteiger partial charge in [-0.2, -0.15) is 0 Å². The van der Waals surface area contributed by atoms with Crippen molar-refractivity contribution in [3.05, 3.63) is 50.9 Å². The molecule has 1 heterocycles. The van der Waals surface area contributed by atoms with Crippen LogP contribution in [0.25, 0.3) is 0 Å². The van der Waals surface area contributed by atoms with E-state index in [1.54, 1.807) is 11.5 Å². The van der Waals surface area contributed by atoms with Gasteiger partial charge in [0.25, 0.3) is 0 Å². The summed E-state index contributed by atoms with van der Waals surface area (Å²) in [5, 5.41) is 12.0. The highest BCUT2D eigenvalue weighted by atomic mass is 79.9. The molecule has 1 unspecified atom stereocenters. The van der Waals surface area contributed by atoms with Crippen molar-refractivity contribution in [2.45, 2.75) is 32.5 Å². The normalized spacial score (nSPS) is 13.1. The summed E-state index contributed by atoms with van der Waals surface area (Å²) in [7, 11) is 0. The molecule has 1 amide bonds. The Morgan fingerprint density at radius 3 is 2.48 bits per heavy atom. The quantitative estimate of drug-likeness (QED) is 0.668. The second kappa shape index (κ2) is 8.01. The number of rotatable bonds is 6. The first-order valence-electron chi connectivity index (χ1n) is 7.33. The number of hydrogen-bond donors (Lipinski definition) is 2. The van der Waals surface area contributed by atoms with Crippen LogP contribution in [-0.2, 0) is 22.7 Å². The third-order valence-electron chi connectivity index (χ3n) is 3.59. The van der Waals surface area contributed by atoms with Gasteiger partial charge in [-0.05, 0) is 51.3 Å². The summed E-state index contributed by atoms with van der Waals surface area (Å²) >= 11 is 6.62. The first kappa shape index (κ1) is 19.5. The van der Waals surface area contributed by atoms with Crippen LogP contribution >= 0.6 is 31.9 Å². The lowest BCUT2D eigenvalue weighted by Gasteiger charge is -2.27. The monoisotopic (exact) mass is 473 g/mol. The van der Waals surface area contributed by atoms with E-state index in [1.165, 1.54) is 6.92 Å². The summed E-state index contributed by atoms with van der Waals surface area (Å²) in [6.07, 6.45) is -0.804. The highest BCUT2D eigenvalue weighted by Gasteiger charge is 2.37. The minimum absolute atomic E-state index is 0.0201. The molecule has 134 valence electrons. The van der Waals surface area contributed by atoms with Gasteiger partial charge >= 0.3 is 12.1 Å². The van der Waals surface area contributed by atoms with E-state index in [-0.39, 0.29) is 13.2 Å². The second-order valence-corrected chi connectivity index (χ2v) is 7.15. The molecule has 2 rings (SSSR count). The summed E-state index contributed by atoms with van der Waals surface area (Å²) < 4.78 is 7.92. The van der Waals surface area contributed by atoms with Crippen LogP contribution in [0.4, 0.5) is 4.79 Å². The molecule has 0 fully saturated rings. The third kappa shape index (κ3) is 4.82. The fourth-order valence-corrected chi connectivity index (χ4v) is 3.09. The van der Waals surface area contributed by atoms with Crippen molar-refractivity contribution in [2.24, 2.45) is 0 Å². The van der Waals surface area contributed by atoms with Crippen molar-refractivity contribution < 1.29 is 19.4 Å². The van der Waals surface area contributed by atoms with Gasteiger partial charge in [0.15, 0.2) is 5.54 Å². The molecule has 0 bridgehead atoms. The van der Waals surface area contributed by atoms with Crippen molar-refractivity contribution in [1.29, 1.82) is 0 Å². The largest absolute Gasteiger partial charge is 0.479 e. The van der Waals surface area contributed by atoms with E-state index in [1.807, 2.05) is 30.3 Å². The van der Waals surface area contributed by atoms with Crippen molar-refractivity contribution in [1.82, 2.24) is 14.9 Å². The number of aryl methyl sites for hydroxylation is 1. The third-order valence-corrected chi connectivity index (χ3v) is 5.48. The first-order valence-corrected chi connectivity index (χ1v) is 8.92.